The Morgan fingerprint density at radius 2 is 1.61 bits per heavy atom. The molecule has 9 heteroatoms. The maximum absolute atomic E-state index is 13.6. The van der Waals surface area contributed by atoms with E-state index in [1.165, 1.54) is 24.3 Å². The van der Waals surface area contributed by atoms with Crippen LogP contribution >= 0.6 is 0 Å². The molecule has 2 aromatic carbocycles. The van der Waals surface area contributed by atoms with Crippen LogP contribution in [0.15, 0.2) is 60.7 Å². The second-order valence-corrected chi connectivity index (χ2v) is 9.11. The number of Topliss-reactive ketones (excluding diaryl/α,β-unsaturated/α-hetero) is 2. The van der Waals surface area contributed by atoms with Crippen LogP contribution in [0.5, 0.6) is 5.75 Å². The van der Waals surface area contributed by atoms with Gasteiger partial charge < -0.3 is 4.74 Å². The van der Waals surface area contributed by atoms with Crippen LogP contribution in [0, 0.1) is 12.8 Å². The van der Waals surface area contributed by atoms with E-state index in [0.29, 0.717) is 18.2 Å². The van der Waals surface area contributed by atoms with Crippen molar-refractivity contribution in [2.45, 2.75) is 45.8 Å². The van der Waals surface area contributed by atoms with Crippen LogP contribution < -0.4 is 9.64 Å². The molecule has 0 aliphatic carbocycles. The van der Waals surface area contributed by atoms with E-state index in [4.69, 9.17) is 0 Å². The van der Waals surface area contributed by atoms with Crippen LogP contribution in [0.4, 0.5) is 14.6 Å². The minimum atomic E-state index is -3.38. The topological polar surface area (TPSA) is 89.5 Å². The predicted octanol–water partition coefficient (Wildman–Crippen LogP) is 5.06. The number of rotatable bonds is 7. The molecule has 0 spiro atoms. The monoisotopic (exact) mass is 493 g/mol. The Bertz CT molecular complexity index is 1280. The third-order valence-electron chi connectivity index (χ3n) is 6.00. The standard InChI is InChI=1S/C27H25F2N3O4/c1-15(2)17-6-8-19(9-7-17)24(33)22-23(18-10-12-20(13-11-18)36-27(4,28)29)32(26(35)25(22)34)21-14-5-16(3)30-31-21/h5-15,22-23H,1-4H3. The van der Waals surface area contributed by atoms with Crippen molar-refractivity contribution in [2.75, 3.05) is 4.90 Å². The van der Waals surface area contributed by atoms with Gasteiger partial charge in [0, 0.05) is 12.5 Å². The lowest BCUT2D eigenvalue weighted by Crippen LogP contribution is -2.31. The van der Waals surface area contributed by atoms with Crippen molar-refractivity contribution in [3.8, 4) is 5.75 Å². The van der Waals surface area contributed by atoms with Crippen molar-refractivity contribution in [1.82, 2.24) is 10.2 Å². The first-order valence-electron chi connectivity index (χ1n) is 11.4. The maximum Gasteiger partial charge on any atom is 0.394 e. The molecule has 1 aliphatic heterocycles. The number of alkyl halides is 2. The molecule has 1 aromatic heterocycles. The Morgan fingerprint density at radius 1 is 0.972 bits per heavy atom. The summed E-state index contributed by atoms with van der Waals surface area (Å²) in [6, 6.07) is 14.6. The van der Waals surface area contributed by atoms with E-state index in [-0.39, 0.29) is 23.0 Å². The highest BCUT2D eigenvalue weighted by Crippen LogP contribution is 2.41. The van der Waals surface area contributed by atoms with Gasteiger partial charge in [0.1, 0.15) is 11.7 Å². The molecule has 1 aliphatic rings. The van der Waals surface area contributed by atoms with Crippen LogP contribution in [-0.2, 0) is 9.59 Å². The van der Waals surface area contributed by atoms with Crippen molar-refractivity contribution in [2.24, 2.45) is 5.92 Å². The van der Waals surface area contributed by atoms with Crippen molar-refractivity contribution in [1.29, 1.82) is 0 Å². The quantitative estimate of drug-likeness (QED) is 0.260. The number of aryl methyl sites for hydroxylation is 1. The molecule has 3 aromatic rings. The summed E-state index contributed by atoms with van der Waals surface area (Å²) in [7, 11) is 0. The summed E-state index contributed by atoms with van der Waals surface area (Å²) in [5.74, 6) is -3.38. The van der Waals surface area contributed by atoms with Gasteiger partial charge in [-0.05, 0) is 48.2 Å². The average molecular weight is 494 g/mol. The van der Waals surface area contributed by atoms with Crippen molar-refractivity contribution in [3.05, 3.63) is 83.0 Å². The van der Waals surface area contributed by atoms with E-state index in [1.807, 2.05) is 26.0 Å². The maximum atomic E-state index is 13.6. The zero-order chi connectivity index (χ0) is 26.2. The molecule has 0 N–H and O–H groups in total. The minimum absolute atomic E-state index is 0.101. The lowest BCUT2D eigenvalue weighted by atomic mass is 9.86. The smallest absolute Gasteiger partial charge is 0.394 e. The summed E-state index contributed by atoms with van der Waals surface area (Å²) >= 11 is 0. The van der Waals surface area contributed by atoms with Crippen LogP contribution in [0.1, 0.15) is 59.9 Å². The Morgan fingerprint density at radius 3 is 2.14 bits per heavy atom. The van der Waals surface area contributed by atoms with Crippen molar-refractivity contribution in [3.63, 3.8) is 0 Å². The predicted molar refractivity (Wildman–Crippen MR) is 128 cm³/mol. The van der Waals surface area contributed by atoms with E-state index < -0.39 is 35.5 Å². The lowest BCUT2D eigenvalue weighted by molar-refractivity contribution is -0.158. The van der Waals surface area contributed by atoms with E-state index in [2.05, 4.69) is 14.9 Å². The van der Waals surface area contributed by atoms with E-state index in [0.717, 1.165) is 10.5 Å². The second-order valence-electron chi connectivity index (χ2n) is 9.11. The first-order valence-corrected chi connectivity index (χ1v) is 11.4. The number of amides is 1. The van der Waals surface area contributed by atoms with Gasteiger partial charge in [-0.25, -0.2) is 0 Å². The van der Waals surface area contributed by atoms with Gasteiger partial charge in [0.05, 0.1) is 11.7 Å². The van der Waals surface area contributed by atoms with Crippen molar-refractivity contribution >= 4 is 23.3 Å². The molecule has 7 nitrogen and oxygen atoms in total. The molecule has 1 saturated heterocycles. The molecule has 0 saturated carbocycles. The first kappa shape index (κ1) is 25.1. The van der Waals surface area contributed by atoms with Gasteiger partial charge in [-0.3, -0.25) is 19.3 Å². The molecule has 1 fully saturated rings. The van der Waals surface area contributed by atoms with E-state index >= 15 is 0 Å². The van der Waals surface area contributed by atoms with Crippen LogP contribution in [0.3, 0.4) is 0 Å². The van der Waals surface area contributed by atoms with Gasteiger partial charge in [-0.1, -0.05) is 50.2 Å². The first-order chi connectivity index (χ1) is 17.0. The molecule has 1 amide bonds. The number of hydrogen-bond donors (Lipinski definition) is 0. The van der Waals surface area contributed by atoms with Crippen LogP contribution in [0.25, 0.3) is 0 Å². The van der Waals surface area contributed by atoms with Crippen LogP contribution in [-0.4, -0.2) is 33.8 Å². The SMILES string of the molecule is Cc1ccc(N2C(=O)C(=O)C(C(=O)c3ccc(C(C)C)cc3)C2c2ccc(OC(C)(F)F)cc2)nn1. The van der Waals surface area contributed by atoms with E-state index in [1.54, 1.807) is 31.2 Å². The summed E-state index contributed by atoms with van der Waals surface area (Å²) in [5.41, 5.74) is 2.31. The minimum Gasteiger partial charge on any atom is -0.433 e. The fraction of sp³-hybridized carbons (Fsp3) is 0.296. The Kier molecular flexibility index (Phi) is 6.67. The zero-order valence-electron chi connectivity index (χ0n) is 20.2. The molecular formula is C27H25F2N3O4. The highest BCUT2D eigenvalue weighted by Gasteiger charge is 2.53. The number of benzene rings is 2. The highest BCUT2D eigenvalue weighted by molar-refractivity contribution is 6.48. The van der Waals surface area contributed by atoms with E-state index in [9.17, 15) is 23.2 Å². The molecule has 0 radical (unpaired) electrons. The van der Waals surface area contributed by atoms with Crippen molar-refractivity contribution < 1.29 is 27.9 Å². The number of carbonyl (C=O) groups excluding carboxylic acids is 3. The van der Waals surface area contributed by atoms with Gasteiger partial charge in [0.25, 0.3) is 5.91 Å². The summed E-state index contributed by atoms with van der Waals surface area (Å²) in [6.07, 6.45) is -3.38. The number of hydrogen-bond acceptors (Lipinski definition) is 6. The summed E-state index contributed by atoms with van der Waals surface area (Å²) in [4.78, 5) is 41.1. The number of aromatic nitrogens is 2. The van der Waals surface area contributed by atoms with Gasteiger partial charge in [0.15, 0.2) is 11.6 Å². The summed E-state index contributed by atoms with van der Waals surface area (Å²) in [6.45, 7) is 6.38. The van der Waals surface area contributed by atoms with Gasteiger partial charge >= 0.3 is 6.11 Å². The molecule has 0 bridgehead atoms. The second kappa shape index (κ2) is 9.56. The Hall–Kier alpha value is -4.01. The normalized spacial score (nSPS) is 18.1. The number of nitrogens with zero attached hydrogens (tertiary/aromatic N) is 3. The Balaban J connectivity index is 1.78. The fourth-order valence-corrected chi connectivity index (χ4v) is 4.19. The molecule has 2 heterocycles. The molecule has 186 valence electrons. The molecule has 4 rings (SSSR count). The molecular weight excluding hydrogens is 468 g/mol. The number of ether oxygens (including phenoxy) is 1. The van der Waals surface area contributed by atoms with Gasteiger partial charge in [-0.15, -0.1) is 5.10 Å². The molecule has 2 unspecified atom stereocenters. The summed E-state index contributed by atoms with van der Waals surface area (Å²) in [5, 5.41) is 8.03. The average Bonchev–Trinajstić information content (AvgIpc) is 3.09. The number of anilines is 1. The van der Waals surface area contributed by atoms with Gasteiger partial charge in [-0.2, -0.15) is 13.9 Å². The fourth-order valence-electron chi connectivity index (χ4n) is 4.19. The molecule has 36 heavy (non-hydrogen) atoms. The zero-order valence-corrected chi connectivity index (χ0v) is 20.2. The third-order valence-corrected chi connectivity index (χ3v) is 6.00. The molecule has 2 atom stereocenters. The highest BCUT2D eigenvalue weighted by atomic mass is 19.3. The van der Waals surface area contributed by atoms with Gasteiger partial charge in [0.2, 0.25) is 5.78 Å². The summed E-state index contributed by atoms with van der Waals surface area (Å²) < 4.78 is 31.2. The third kappa shape index (κ3) is 5.00. The Labute approximate surface area is 207 Å². The van der Waals surface area contributed by atoms with Crippen LogP contribution in [0.2, 0.25) is 0 Å². The number of carbonyl (C=O) groups is 3. The lowest BCUT2D eigenvalue weighted by Gasteiger charge is -2.26. The number of ketones is 2. The number of halogens is 2. The largest absolute Gasteiger partial charge is 0.433 e.